The van der Waals surface area contributed by atoms with E-state index in [1.165, 1.54) is 18.2 Å². The van der Waals surface area contributed by atoms with Gasteiger partial charge in [-0.2, -0.15) is 0 Å². The van der Waals surface area contributed by atoms with Crippen LogP contribution in [0.15, 0.2) is 78.9 Å². The van der Waals surface area contributed by atoms with Gasteiger partial charge in [-0.3, -0.25) is 14.9 Å². The third kappa shape index (κ3) is 3.99. The van der Waals surface area contributed by atoms with E-state index in [0.717, 1.165) is 11.1 Å². The first-order valence-corrected chi connectivity index (χ1v) is 8.68. The third-order valence-electron chi connectivity index (χ3n) is 4.33. The van der Waals surface area contributed by atoms with Crippen molar-refractivity contribution in [3.63, 3.8) is 0 Å². The van der Waals surface area contributed by atoms with Gasteiger partial charge in [-0.1, -0.05) is 72.3 Å². The van der Waals surface area contributed by atoms with E-state index in [2.05, 4.69) is 0 Å². The average Bonchev–Trinajstić information content (AvgIpc) is 2.69. The van der Waals surface area contributed by atoms with Crippen LogP contribution in [0.3, 0.4) is 0 Å². The van der Waals surface area contributed by atoms with Crippen molar-refractivity contribution in [2.45, 2.75) is 6.04 Å². The van der Waals surface area contributed by atoms with Gasteiger partial charge in [0, 0.05) is 19.2 Å². The second-order valence-corrected chi connectivity index (χ2v) is 6.47. The molecular weight excluding hydrogens is 364 g/mol. The highest BCUT2D eigenvalue weighted by atomic mass is 35.5. The number of rotatable bonds is 5. The lowest BCUT2D eigenvalue weighted by atomic mass is 9.97. The largest absolute Gasteiger partial charge is 0.331 e. The number of hydrogen-bond acceptors (Lipinski definition) is 3. The second kappa shape index (κ2) is 8.01. The molecular formula is C21H17ClN2O3. The first kappa shape index (κ1) is 18.6. The van der Waals surface area contributed by atoms with E-state index < -0.39 is 4.92 Å². The highest BCUT2D eigenvalue weighted by Crippen LogP contribution is 2.31. The van der Waals surface area contributed by atoms with E-state index in [-0.39, 0.29) is 28.2 Å². The van der Waals surface area contributed by atoms with Crippen molar-refractivity contribution in [2.75, 3.05) is 7.05 Å². The molecule has 0 radical (unpaired) electrons. The Bertz CT molecular complexity index is 922. The molecule has 0 aliphatic carbocycles. The monoisotopic (exact) mass is 380 g/mol. The van der Waals surface area contributed by atoms with Crippen molar-refractivity contribution >= 4 is 23.2 Å². The van der Waals surface area contributed by atoms with E-state index in [1.54, 1.807) is 11.9 Å². The molecule has 3 rings (SSSR count). The van der Waals surface area contributed by atoms with Crippen molar-refractivity contribution in [1.29, 1.82) is 0 Å². The summed E-state index contributed by atoms with van der Waals surface area (Å²) in [6.07, 6.45) is 0. The molecule has 0 aromatic heterocycles. The van der Waals surface area contributed by atoms with Crippen molar-refractivity contribution in [3.8, 4) is 0 Å². The Balaban J connectivity index is 2.01. The van der Waals surface area contributed by atoms with Gasteiger partial charge in [0.15, 0.2) is 0 Å². The van der Waals surface area contributed by atoms with Crippen molar-refractivity contribution in [2.24, 2.45) is 0 Å². The lowest BCUT2D eigenvalue weighted by Crippen LogP contribution is -2.32. The van der Waals surface area contributed by atoms with Crippen molar-refractivity contribution in [1.82, 2.24) is 4.90 Å². The molecule has 0 saturated heterocycles. The van der Waals surface area contributed by atoms with Crippen LogP contribution in [0, 0.1) is 10.1 Å². The highest BCUT2D eigenvalue weighted by molar-refractivity contribution is 6.34. The molecule has 3 aromatic carbocycles. The molecule has 1 amide bonds. The fraction of sp³-hybridized carbons (Fsp3) is 0.0952. The summed E-state index contributed by atoms with van der Waals surface area (Å²) >= 11 is 6.16. The Morgan fingerprint density at radius 1 is 0.963 bits per heavy atom. The lowest BCUT2D eigenvalue weighted by molar-refractivity contribution is -0.384. The quantitative estimate of drug-likeness (QED) is 0.456. The average molecular weight is 381 g/mol. The molecule has 0 saturated carbocycles. The first-order valence-electron chi connectivity index (χ1n) is 8.30. The van der Waals surface area contributed by atoms with Gasteiger partial charge in [-0.15, -0.1) is 0 Å². The molecule has 27 heavy (non-hydrogen) atoms. The molecule has 0 fully saturated rings. The van der Waals surface area contributed by atoms with Gasteiger partial charge in [-0.25, -0.2) is 0 Å². The molecule has 0 bridgehead atoms. The van der Waals surface area contributed by atoms with Crippen LogP contribution in [-0.4, -0.2) is 22.8 Å². The van der Waals surface area contributed by atoms with Gasteiger partial charge < -0.3 is 4.90 Å². The second-order valence-electron chi connectivity index (χ2n) is 6.06. The molecule has 0 atom stereocenters. The summed E-state index contributed by atoms with van der Waals surface area (Å²) in [6, 6.07) is 22.9. The molecule has 0 aliphatic rings. The van der Waals surface area contributed by atoms with Gasteiger partial charge in [0.25, 0.3) is 11.6 Å². The lowest BCUT2D eigenvalue weighted by Gasteiger charge is -2.29. The maximum absolute atomic E-state index is 13.1. The number of hydrogen-bond donors (Lipinski definition) is 0. The number of carbonyl (C=O) groups excluding carboxylic acids is 1. The minimum Gasteiger partial charge on any atom is -0.331 e. The maximum Gasteiger partial charge on any atom is 0.270 e. The van der Waals surface area contributed by atoms with Crippen LogP contribution in [-0.2, 0) is 0 Å². The molecule has 0 spiro atoms. The molecule has 5 nitrogen and oxygen atoms in total. The summed E-state index contributed by atoms with van der Waals surface area (Å²) in [4.78, 5) is 25.1. The van der Waals surface area contributed by atoms with Crippen molar-refractivity contribution < 1.29 is 9.72 Å². The van der Waals surface area contributed by atoms with Crippen LogP contribution in [0.5, 0.6) is 0 Å². The number of benzene rings is 3. The molecule has 0 N–H and O–H groups in total. The normalized spacial score (nSPS) is 10.6. The van der Waals surface area contributed by atoms with Gasteiger partial charge in [-0.05, 0) is 17.2 Å². The fourth-order valence-electron chi connectivity index (χ4n) is 3.01. The summed E-state index contributed by atoms with van der Waals surface area (Å²) in [5.41, 5.74) is 1.98. The van der Waals surface area contributed by atoms with E-state index >= 15 is 0 Å². The van der Waals surface area contributed by atoms with Gasteiger partial charge in [0.1, 0.15) is 0 Å². The van der Waals surface area contributed by atoms with Crippen molar-refractivity contribution in [3.05, 3.63) is 111 Å². The Hall–Kier alpha value is -3.18. The van der Waals surface area contributed by atoms with Crippen LogP contribution >= 0.6 is 11.6 Å². The SMILES string of the molecule is CN(C(=O)c1ccc([N+](=O)[O-])cc1Cl)C(c1ccccc1)c1ccccc1. The van der Waals surface area contributed by atoms with Gasteiger partial charge in [0.05, 0.1) is 21.6 Å². The summed E-state index contributed by atoms with van der Waals surface area (Å²) in [7, 11) is 1.70. The summed E-state index contributed by atoms with van der Waals surface area (Å²) in [6.45, 7) is 0. The number of carbonyl (C=O) groups is 1. The highest BCUT2D eigenvalue weighted by Gasteiger charge is 2.26. The number of nitro groups is 1. The standard InChI is InChI=1S/C21H17ClN2O3/c1-23(21(25)18-13-12-17(24(26)27)14-19(18)22)20(15-8-4-2-5-9-15)16-10-6-3-7-11-16/h2-14,20H,1H3. The Kier molecular flexibility index (Phi) is 5.52. The zero-order valence-corrected chi connectivity index (χ0v) is 15.3. The van der Waals surface area contributed by atoms with Crippen LogP contribution in [0.25, 0.3) is 0 Å². The Labute approximate surface area is 162 Å². The first-order chi connectivity index (χ1) is 13.0. The van der Waals surface area contributed by atoms with Crippen LogP contribution in [0.2, 0.25) is 5.02 Å². The Morgan fingerprint density at radius 3 is 1.93 bits per heavy atom. The summed E-state index contributed by atoms with van der Waals surface area (Å²) < 4.78 is 0. The minimum atomic E-state index is -0.541. The number of amides is 1. The van der Waals surface area contributed by atoms with Gasteiger partial charge >= 0.3 is 0 Å². The number of non-ortho nitro benzene ring substituents is 1. The Morgan fingerprint density at radius 2 is 1.48 bits per heavy atom. The van der Waals surface area contributed by atoms with E-state index in [4.69, 9.17) is 11.6 Å². The third-order valence-corrected chi connectivity index (χ3v) is 4.64. The topological polar surface area (TPSA) is 63.5 Å². The number of nitro benzene ring substituents is 1. The van der Waals surface area contributed by atoms with E-state index in [0.29, 0.717) is 0 Å². The summed E-state index contributed by atoms with van der Waals surface area (Å²) in [5.74, 6) is -0.312. The molecule has 0 aliphatic heterocycles. The number of halogens is 1. The van der Waals surface area contributed by atoms with Gasteiger partial charge in [0.2, 0.25) is 0 Å². The molecule has 6 heteroatoms. The van der Waals surface area contributed by atoms with E-state index in [1.807, 2.05) is 60.7 Å². The molecule has 0 unspecified atom stereocenters. The fourth-order valence-corrected chi connectivity index (χ4v) is 3.26. The van der Waals surface area contributed by atoms with Crippen LogP contribution in [0.4, 0.5) is 5.69 Å². The van der Waals surface area contributed by atoms with Crippen LogP contribution < -0.4 is 0 Å². The zero-order chi connectivity index (χ0) is 19.4. The maximum atomic E-state index is 13.1. The minimum absolute atomic E-state index is 0.0564. The number of nitrogens with zero attached hydrogens (tertiary/aromatic N) is 2. The predicted octanol–water partition coefficient (Wildman–Crippen LogP) is 5.11. The smallest absolute Gasteiger partial charge is 0.270 e. The van der Waals surface area contributed by atoms with E-state index in [9.17, 15) is 14.9 Å². The zero-order valence-electron chi connectivity index (χ0n) is 14.6. The molecule has 136 valence electrons. The molecule has 0 heterocycles. The molecule has 3 aromatic rings. The van der Waals surface area contributed by atoms with Crippen LogP contribution in [0.1, 0.15) is 27.5 Å². The summed E-state index contributed by atoms with van der Waals surface area (Å²) in [5, 5.41) is 11.0. The predicted molar refractivity (Wildman–Crippen MR) is 105 cm³/mol.